The molecule has 2 nitrogen and oxygen atoms in total. The topological polar surface area (TPSA) is 33.1 Å². The highest BCUT2D eigenvalue weighted by Crippen LogP contribution is 2.36. The van der Waals surface area contributed by atoms with E-state index in [0.29, 0.717) is 5.92 Å². The monoisotopic (exact) mass is 219 g/mol. The Bertz CT molecular complexity index is 342. The lowest BCUT2D eigenvalue weighted by Gasteiger charge is -2.30. The van der Waals surface area contributed by atoms with E-state index < -0.39 is 0 Å². The number of hydrogen-bond acceptors (Lipinski definition) is 2. The fraction of sp³-hybridized carbons (Fsp3) is 0.643. The SMILES string of the molecule is Cc1cc(C(O)C2CCC(C)CC2)ccn1. The summed E-state index contributed by atoms with van der Waals surface area (Å²) >= 11 is 0. The van der Waals surface area contributed by atoms with Crippen LogP contribution in [0.5, 0.6) is 0 Å². The second-order valence-corrected chi connectivity index (χ2v) is 5.20. The van der Waals surface area contributed by atoms with Crippen LogP contribution in [0.3, 0.4) is 0 Å². The van der Waals surface area contributed by atoms with Gasteiger partial charge in [0.15, 0.2) is 0 Å². The number of aromatic nitrogens is 1. The molecule has 0 bridgehead atoms. The molecule has 1 aromatic rings. The van der Waals surface area contributed by atoms with E-state index in [1.807, 2.05) is 19.1 Å². The highest BCUT2D eigenvalue weighted by molar-refractivity contribution is 5.18. The minimum atomic E-state index is -0.297. The molecule has 0 aliphatic heterocycles. The molecule has 1 fully saturated rings. The van der Waals surface area contributed by atoms with Gasteiger partial charge in [0, 0.05) is 11.9 Å². The van der Waals surface area contributed by atoms with Gasteiger partial charge >= 0.3 is 0 Å². The van der Waals surface area contributed by atoms with Gasteiger partial charge in [-0.3, -0.25) is 4.98 Å². The van der Waals surface area contributed by atoms with E-state index in [1.54, 1.807) is 6.20 Å². The molecule has 1 unspecified atom stereocenters. The molecule has 0 amide bonds. The van der Waals surface area contributed by atoms with Gasteiger partial charge in [0.1, 0.15) is 0 Å². The summed E-state index contributed by atoms with van der Waals surface area (Å²) < 4.78 is 0. The summed E-state index contributed by atoms with van der Waals surface area (Å²) in [7, 11) is 0. The first kappa shape index (κ1) is 11.6. The van der Waals surface area contributed by atoms with Gasteiger partial charge in [-0.2, -0.15) is 0 Å². The van der Waals surface area contributed by atoms with Crippen LogP contribution in [0.15, 0.2) is 18.3 Å². The third-order valence-electron chi connectivity index (χ3n) is 3.77. The van der Waals surface area contributed by atoms with Crippen LogP contribution in [-0.4, -0.2) is 10.1 Å². The van der Waals surface area contributed by atoms with Crippen molar-refractivity contribution >= 4 is 0 Å². The quantitative estimate of drug-likeness (QED) is 0.828. The maximum Gasteiger partial charge on any atom is 0.0819 e. The summed E-state index contributed by atoms with van der Waals surface area (Å²) in [6.45, 7) is 4.28. The van der Waals surface area contributed by atoms with E-state index in [9.17, 15) is 5.11 Å². The number of aliphatic hydroxyl groups is 1. The minimum absolute atomic E-state index is 0.297. The number of aliphatic hydroxyl groups excluding tert-OH is 1. The van der Waals surface area contributed by atoms with Crippen molar-refractivity contribution in [2.24, 2.45) is 11.8 Å². The lowest BCUT2D eigenvalue weighted by atomic mass is 9.78. The van der Waals surface area contributed by atoms with Crippen molar-refractivity contribution < 1.29 is 5.11 Å². The normalized spacial score (nSPS) is 27.7. The molecule has 1 atom stereocenters. The average molecular weight is 219 g/mol. The summed E-state index contributed by atoms with van der Waals surface area (Å²) in [5.74, 6) is 1.28. The number of pyridine rings is 1. The van der Waals surface area contributed by atoms with Crippen molar-refractivity contribution in [3.05, 3.63) is 29.6 Å². The van der Waals surface area contributed by atoms with Crippen molar-refractivity contribution in [3.63, 3.8) is 0 Å². The zero-order chi connectivity index (χ0) is 11.5. The van der Waals surface area contributed by atoms with Gasteiger partial charge < -0.3 is 5.11 Å². The van der Waals surface area contributed by atoms with Crippen molar-refractivity contribution in [3.8, 4) is 0 Å². The van der Waals surface area contributed by atoms with Gasteiger partial charge in [-0.05, 0) is 49.3 Å². The van der Waals surface area contributed by atoms with Gasteiger partial charge in [-0.1, -0.05) is 19.8 Å². The zero-order valence-electron chi connectivity index (χ0n) is 10.2. The molecule has 88 valence electrons. The molecule has 1 aromatic heterocycles. The second kappa shape index (κ2) is 4.96. The molecule has 0 saturated heterocycles. The van der Waals surface area contributed by atoms with E-state index in [2.05, 4.69) is 11.9 Å². The van der Waals surface area contributed by atoms with Gasteiger partial charge in [0.05, 0.1) is 6.10 Å². The third kappa shape index (κ3) is 2.62. The molecule has 2 heteroatoms. The van der Waals surface area contributed by atoms with Crippen LogP contribution in [-0.2, 0) is 0 Å². The van der Waals surface area contributed by atoms with Crippen LogP contribution in [0.2, 0.25) is 0 Å². The number of nitrogens with zero attached hydrogens (tertiary/aromatic N) is 1. The Morgan fingerprint density at radius 1 is 1.31 bits per heavy atom. The van der Waals surface area contributed by atoms with Crippen molar-refractivity contribution in [2.45, 2.75) is 45.6 Å². The summed E-state index contributed by atoms with van der Waals surface area (Å²) in [6, 6.07) is 3.94. The van der Waals surface area contributed by atoms with E-state index in [4.69, 9.17) is 0 Å². The Kier molecular flexibility index (Phi) is 3.59. The summed E-state index contributed by atoms with van der Waals surface area (Å²) in [5, 5.41) is 10.3. The standard InChI is InChI=1S/C14H21NO/c1-10-3-5-12(6-4-10)14(16)13-7-8-15-11(2)9-13/h7-10,12,14,16H,3-6H2,1-2H3. The fourth-order valence-electron chi connectivity index (χ4n) is 2.63. The molecule has 1 N–H and O–H groups in total. The third-order valence-corrected chi connectivity index (χ3v) is 3.77. The van der Waals surface area contributed by atoms with E-state index in [0.717, 1.165) is 30.0 Å². The van der Waals surface area contributed by atoms with E-state index >= 15 is 0 Å². The van der Waals surface area contributed by atoms with Crippen LogP contribution >= 0.6 is 0 Å². The minimum Gasteiger partial charge on any atom is -0.388 e. The molecule has 1 aliphatic carbocycles. The van der Waals surface area contributed by atoms with E-state index in [1.165, 1.54) is 12.8 Å². The molecular weight excluding hydrogens is 198 g/mol. The first-order valence-electron chi connectivity index (χ1n) is 6.27. The molecule has 0 spiro atoms. The average Bonchev–Trinajstić information content (AvgIpc) is 2.29. The summed E-state index contributed by atoms with van der Waals surface area (Å²) in [5.41, 5.74) is 2.02. The predicted octanol–water partition coefficient (Wildman–Crippen LogP) is 3.25. The fourth-order valence-corrected chi connectivity index (χ4v) is 2.63. The van der Waals surface area contributed by atoms with Crippen LogP contribution in [0.25, 0.3) is 0 Å². The Morgan fingerprint density at radius 3 is 2.62 bits per heavy atom. The Balaban J connectivity index is 2.04. The molecule has 1 saturated carbocycles. The molecular formula is C14H21NO. The zero-order valence-corrected chi connectivity index (χ0v) is 10.2. The predicted molar refractivity (Wildman–Crippen MR) is 65.1 cm³/mol. The lowest BCUT2D eigenvalue weighted by Crippen LogP contribution is -2.19. The molecule has 0 aromatic carbocycles. The Morgan fingerprint density at radius 2 is 2.00 bits per heavy atom. The maximum atomic E-state index is 10.3. The number of aryl methyl sites for hydroxylation is 1. The van der Waals surface area contributed by atoms with Gasteiger partial charge in [0.25, 0.3) is 0 Å². The highest BCUT2D eigenvalue weighted by Gasteiger charge is 2.25. The first-order chi connectivity index (χ1) is 7.66. The largest absolute Gasteiger partial charge is 0.388 e. The maximum absolute atomic E-state index is 10.3. The molecule has 16 heavy (non-hydrogen) atoms. The van der Waals surface area contributed by atoms with Crippen LogP contribution in [0, 0.1) is 18.8 Å². The molecule has 1 aliphatic rings. The smallest absolute Gasteiger partial charge is 0.0819 e. The van der Waals surface area contributed by atoms with Crippen molar-refractivity contribution in [2.75, 3.05) is 0 Å². The van der Waals surface area contributed by atoms with Gasteiger partial charge in [-0.15, -0.1) is 0 Å². The molecule has 0 radical (unpaired) electrons. The Labute approximate surface area is 97.7 Å². The first-order valence-corrected chi connectivity index (χ1v) is 6.27. The highest BCUT2D eigenvalue weighted by atomic mass is 16.3. The summed E-state index contributed by atoms with van der Waals surface area (Å²) in [6.07, 6.45) is 6.32. The van der Waals surface area contributed by atoms with Crippen LogP contribution in [0.1, 0.15) is 50.0 Å². The Hall–Kier alpha value is -0.890. The van der Waals surface area contributed by atoms with Gasteiger partial charge in [-0.25, -0.2) is 0 Å². The van der Waals surface area contributed by atoms with Crippen LogP contribution < -0.4 is 0 Å². The second-order valence-electron chi connectivity index (χ2n) is 5.20. The van der Waals surface area contributed by atoms with Crippen molar-refractivity contribution in [1.82, 2.24) is 4.98 Å². The van der Waals surface area contributed by atoms with Crippen LogP contribution in [0.4, 0.5) is 0 Å². The molecule has 1 heterocycles. The number of rotatable bonds is 2. The lowest BCUT2D eigenvalue weighted by molar-refractivity contribution is 0.0754. The van der Waals surface area contributed by atoms with E-state index in [-0.39, 0.29) is 6.10 Å². The number of hydrogen-bond donors (Lipinski definition) is 1. The summed E-state index contributed by atoms with van der Waals surface area (Å²) in [4.78, 5) is 4.17. The van der Waals surface area contributed by atoms with Gasteiger partial charge in [0.2, 0.25) is 0 Å². The van der Waals surface area contributed by atoms with Crippen molar-refractivity contribution in [1.29, 1.82) is 0 Å². The molecule has 2 rings (SSSR count).